The molecule has 0 unspecified atom stereocenters. The average molecular weight is 329 g/mol. The normalized spacial score (nSPS) is 11.7. The van der Waals surface area contributed by atoms with Crippen LogP contribution in [-0.2, 0) is 21.5 Å². The number of carbonyl (C=O) groups excluding carboxylic acids is 1. The number of carbonyl (C=O) groups is 1. The van der Waals surface area contributed by atoms with Gasteiger partial charge in [0.15, 0.2) is 11.2 Å². The van der Waals surface area contributed by atoms with E-state index < -0.39 is 15.9 Å². The third-order valence-electron chi connectivity index (χ3n) is 2.89. The van der Waals surface area contributed by atoms with E-state index in [9.17, 15) is 18.0 Å². The smallest absolute Gasteiger partial charge is 0.278 e. The number of amides is 1. The second kappa shape index (κ2) is 6.66. The lowest BCUT2D eigenvalue weighted by Gasteiger charge is -2.05. The summed E-state index contributed by atoms with van der Waals surface area (Å²) in [6.45, 7) is 0.443. The van der Waals surface area contributed by atoms with E-state index in [1.807, 2.05) is 0 Å². The highest BCUT2D eigenvalue weighted by Crippen LogP contribution is 2.04. The number of hydrogen-bond donors (Lipinski definition) is 3. The molecule has 0 aliphatic heterocycles. The summed E-state index contributed by atoms with van der Waals surface area (Å²) in [7, 11) is -4.00. The number of fused-ring (bicyclic) bond motifs is 1. The highest BCUT2D eigenvalue weighted by Gasteiger charge is 2.09. The molecule has 0 saturated carbocycles. The van der Waals surface area contributed by atoms with Gasteiger partial charge in [-0.2, -0.15) is 8.42 Å². The van der Waals surface area contributed by atoms with Crippen LogP contribution in [0.15, 0.2) is 17.4 Å². The fourth-order valence-electron chi connectivity index (χ4n) is 1.85. The Bertz CT molecular complexity index is 825. The molecule has 2 rings (SSSR count). The summed E-state index contributed by atoms with van der Waals surface area (Å²) >= 11 is 0. The molecule has 0 spiro atoms. The quantitative estimate of drug-likeness (QED) is 0.431. The van der Waals surface area contributed by atoms with Gasteiger partial charge in [0, 0.05) is 19.5 Å². The van der Waals surface area contributed by atoms with E-state index in [0.717, 1.165) is 0 Å². The van der Waals surface area contributed by atoms with Crippen LogP contribution in [0.4, 0.5) is 0 Å². The summed E-state index contributed by atoms with van der Waals surface area (Å²) in [6.07, 6.45) is 2.96. The van der Waals surface area contributed by atoms with Crippen molar-refractivity contribution in [3.05, 3.63) is 23.0 Å². The summed E-state index contributed by atoms with van der Waals surface area (Å²) in [4.78, 5) is 33.4. The van der Waals surface area contributed by atoms with E-state index in [1.165, 1.54) is 12.7 Å². The molecule has 2 aromatic heterocycles. The number of hydrogen-bond acceptors (Lipinski definition) is 6. The van der Waals surface area contributed by atoms with Crippen molar-refractivity contribution in [2.24, 2.45) is 0 Å². The Morgan fingerprint density at radius 3 is 2.91 bits per heavy atom. The van der Waals surface area contributed by atoms with Crippen molar-refractivity contribution in [2.45, 2.75) is 19.4 Å². The van der Waals surface area contributed by atoms with Gasteiger partial charge in [-0.3, -0.25) is 14.1 Å². The number of nitrogens with zero attached hydrogens (tertiary/aromatic N) is 3. The number of rotatable bonds is 7. The van der Waals surface area contributed by atoms with E-state index >= 15 is 0 Å². The third-order valence-corrected chi connectivity index (χ3v) is 3.69. The first-order valence-corrected chi connectivity index (χ1v) is 8.08. The largest absolute Gasteiger partial charge is 0.356 e. The number of nitrogens with one attached hydrogen (secondary N) is 2. The number of H-pyrrole nitrogens is 1. The van der Waals surface area contributed by atoms with Gasteiger partial charge in [-0.15, -0.1) is 0 Å². The van der Waals surface area contributed by atoms with Gasteiger partial charge in [0.1, 0.15) is 0 Å². The maximum atomic E-state index is 11.6. The lowest BCUT2D eigenvalue weighted by Crippen LogP contribution is -2.26. The van der Waals surface area contributed by atoms with E-state index in [1.54, 1.807) is 4.57 Å². The van der Waals surface area contributed by atoms with Crippen LogP contribution >= 0.6 is 0 Å². The van der Waals surface area contributed by atoms with E-state index in [4.69, 9.17) is 4.55 Å². The molecular weight excluding hydrogens is 314 g/mol. The van der Waals surface area contributed by atoms with Gasteiger partial charge in [0.25, 0.3) is 15.7 Å². The molecule has 11 heteroatoms. The molecule has 1 amide bonds. The van der Waals surface area contributed by atoms with Crippen molar-refractivity contribution in [2.75, 3.05) is 12.3 Å². The van der Waals surface area contributed by atoms with Crippen molar-refractivity contribution < 1.29 is 17.8 Å². The summed E-state index contributed by atoms with van der Waals surface area (Å²) in [6, 6.07) is 0. The molecule has 0 aliphatic rings. The predicted molar refractivity (Wildman–Crippen MR) is 76.8 cm³/mol. The zero-order chi connectivity index (χ0) is 16.2. The molecule has 2 aromatic rings. The van der Waals surface area contributed by atoms with Crippen molar-refractivity contribution >= 4 is 27.2 Å². The second-order valence-electron chi connectivity index (χ2n) is 4.58. The van der Waals surface area contributed by atoms with Gasteiger partial charge < -0.3 is 14.9 Å². The highest BCUT2D eigenvalue weighted by atomic mass is 32.2. The van der Waals surface area contributed by atoms with Crippen LogP contribution in [0.1, 0.15) is 12.8 Å². The predicted octanol–water partition coefficient (Wildman–Crippen LogP) is -1.10. The molecule has 10 nitrogen and oxygen atoms in total. The maximum absolute atomic E-state index is 11.6. The van der Waals surface area contributed by atoms with Crippen LogP contribution < -0.4 is 10.9 Å². The van der Waals surface area contributed by atoms with Crippen LogP contribution in [-0.4, -0.2) is 50.7 Å². The third kappa shape index (κ3) is 4.36. The standard InChI is InChI=1S/C11H15N5O5S/c17-8(12-3-1-5-22(19,20)21)2-4-16-7-15-9-10(16)13-6-14-11(9)18/h6-7H,1-5H2,(H,12,17)(H,13,14,18)(H,19,20,21). The van der Waals surface area contributed by atoms with Crippen LogP contribution in [0.25, 0.3) is 11.2 Å². The Kier molecular flexibility index (Phi) is 4.88. The van der Waals surface area contributed by atoms with Crippen LogP contribution in [0, 0.1) is 0 Å². The Balaban J connectivity index is 1.83. The van der Waals surface area contributed by atoms with Gasteiger partial charge in [-0.1, -0.05) is 0 Å². The van der Waals surface area contributed by atoms with Crippen molar-refractivity contribution in [1.29, 1.82) is 0 Å². The number of imidazole rings is 1. The number of aromatic nitrogens is 4. The van der Waals surface area contributed by atoms with Crippen molar-refractivity contribution in [3.8, 4) is 0 Å². The van der Waals surface area contributed by atoms with Gasteiger partial charge in [0.2, 0.25) is 5.91 Å². The van der Waals surface area contributed by atoms with Gasteiger partial charge >= 0.3 is 0 Å². The van der Waals surface area contributed by atoms with Crippen LogP contribution in [0.5, 0.6) is 0 Å². The summed E-state index contributed by atoms with van der Waals surface area (Å²) < 4.78 is 31.1. The summed E-state index contributed by atoms with van der Waals surface area (Å²) in [5.41, 5.74) is 0.248. The molecule has 2 heterocycles. The molecule has 0 aliphatic carbocycles. The van der Waals surface area contributed by atoms with Gasteiger partial charge in [0.05, 0.1) is 18.4 Å². The van der Waals surface area contributed by atoms with Gasteiger partial charge in [-0.25, -0.2) is 9.97 Å². The van der Waals surface area contributed by atoms with Crippen molar-refractivity contribution in [3.63, 3.8) is 0 Å². The zero-order valence-electron chi connectivity index (χ0n) is 11.5. The van der Waals surface area contributed by atoms with Crippen molar-refractivity contribution in [1.82, 2.24) is 24.8 Å². The first-order valence-electron chi connectivity index (χ1n) is 6.47. The number of aryl methyl sites for hydroxylation is 1. The molecule has 0 saturated heterocycles. The molecule has 0 radical (unpaired) electrons. The van der Waals surface area contributed by atoms with Gasteiger partial charge in [-0.05, 0) is 6.42 Å². The monoisotopic (exact) mass is 329 g/mol. The number of aromatic amines is 1. The fraction of sp³-hybridized carbons (Fsp3) is 0.455. The van der Waals surface area contributed by atoms with Crippen LogP contribution in [0.2, 0.25) is 0 Å². The lowest BCUT2D eigenvalue weighted by molar-refractivity contribution is -0.121. The zero-order valence-corrected chi connectivity index (χ0v) is 12.3. The Labute approximate surface area is 125 Å². The molecule has 0 aromatic carbocycles. The maximum Gasteiger partial charge on any atom is 0.278 e. The molecule has 0 atom stereocenters. The average Bonchev–Trinajstić information content (AvgIpc) is 2.85. The lowest BCUT2D eigenvalue weighted by atomic mass is 10.3. The Morgan fingerprint density at radius 1 is 1.41 bits per heavy atom. The Hall–Kier alpha value is -2.27. The summed E-state index contributed by atoms with van der Waals surface area (Å²) in [5.74, 6) is -0.673. The molecule has 3 N–H and O–H groups in total. The summed E-state index contributed by atoms with van der Waals surface area (Å²) in [5, 5.41) is 2.54. The molecule has 0 bridgehead atoms. The second-order valence-corrected chi connectivity index (χ2v) is 6.15. The molecular formula is C11H15N5O5S. The fourth-order valence-corrected chi connectivity index (χ4v) is 2.36. The van der Waals surface area contributed by atoms with E-state index in [-0.39, 0.29) is 42.9 Å². The SMILES string of the molecule is O=C(CCn1cnc2c(=O)[nH]cnc21)NCCCS(=O)(=O)O. The first kappa shape index (κ1) is 16.1. The van der Waals surface area contributed by atoms with E-state index in [0.29, 0.717) is 5.65 Å². The minimum absolute atomic E-state index is 0.131. The highest BCUT2D eigenvalue weighted by molar-refractivity contribution is 7.85. The Morgan fingerprint density at radius 2 is 2.18 bits per heavy atom. The minimum Gasteiger partial charge on any atom is -0.356 e. The molecule has 120 valence electrons. The minimum atomic E-state index is -4.00. The van der Waals surface area contributed by atoms with Crippen LogP contribution in [0.3, 0.4) is 0 Å². The first-order chi connectivity index (χ1) is 10.4. The topological polar surface area (TPSA) is 147 Å². The molecule has 22 heavy (non-hydrogen) atoms. The van der Waals surface area contributed by atoms with E-state index in [2.05, 4.69) is 20.3 Å². The molecule has 0 fully saturated rings.